The summed E-state index contributed by atoms with van der Waals surface area (Å²) in [4.78, 5) is 44.7. The Morgan fingerprint density at radius 2 is 0.886 bits per heavy atom. The maximum atomic E-state index is 11.6. The second kappa shape index (κ2) is 24.8. The number of amides is 3. The lowest BCUT2D eigenvalue weighted by Gasteiger charge is -2.09. The van der Waals surface area contributed by atoms with E-state index in [4.69, 9.17) is 28.4 Å². The molecule has 0 heterocycles. The van der Waals surface area contributed by atoms with Crippen LogP contribution >= 0.6 is 0 Å². The summed E-state index contributed by atoms with van der Waals surface area (Å²) in [6.07, 6.45) is 0. The molecule has 0 unspecified atom stereocenters. The fourth-order valence-electron chi connectivity index (χ4n) is 2.13. The fourth-order valence-corrected chi connectivity index (χ4v) is 2.13. The minimum absolute atomic E-state index is 0.0819. The van der Waals surface area contributed by atoms with Crippen LogP contribution in [0.5, 0.6) is 0 Å². The molecule has 0 aromatic heterocycles. The monoisotopic (exact) mass is 509 g/mol. The Bertz CT molecular complexity index is 579. The first-order valence-electron chi connectivity index (χ1n) is 11.3. The number of nitrogens with one attached hydrogen (secondary N) is 3. The second-order valence-electron chi connectivity index (χ2n) is 6.75. The number of esters is 1. The Labute approximate surface area is 205 Å². The van der Waals surface area contributed by atoms with E-state index in [9.17, 15) is 19.2 Å². The first kappa shape index (κ1) is 32.6. The molecule has 0 aromatic carbocycles. The van der Waals surface area contributed by atoms with Crippen LogP contribution in [-0.2, 0) is 52.3 Å². The maximum Gasteiger partial charge on any atom is 0.331 e. The van der Waals surface area contributed by atoms with Crippen LogP contribution in [0.15, 0.2) is 0 Å². The SMILES string of the molecule is COC(=O)COCCOCCNC(=O)COCCOCCNC(=O)COCCOCCNC(C)=O. The third kappa shape index (κ3) is 26.1. The highest BCUT2D eigenvalue weighted by molar-refractivity contribution is 5.77. The Balaban J connectivity index is 3.30. The molecule has 0 spiro atoms. The van der Waals surface area contributed by atoms with Crippen molar-refractivity contribution < 1.29 is 52.3 Å². The number of rotatable bonds is 24. The van der Waals surface area contributed by atoms with Crippen molar-refractivity contribution in [3.05, 3.63) is 0 Å². The van der Waals surface area contributed by atoms with E-state index < -0.39 is 5.97 Å². The van der Waals surface area contributed by atoms with Gasteiger partial charge >= 0.3 is 5.97 Å². The fraction of sp³-hybridized carbons (Fsp3) is 0.810. The molecule has 0 rings (SSSR count). The Morgan fingerprint density at radius 1 is 0.514 bits per heavy atom. The van der Waals surface area contributed by atoms with Crippen molar-refractivity contribution in [2.75, 3.05) is 106 Å². The van der Waals surface area contributed by atoms with Gasteiger partial charge in [-0.3, -0.25) is 14.4 Å². The molecule has 0 atom stereocenters. The van der Waals surface area contributed by atoms with E-state index in [1.54, 1.807) is 0 Å². The number of hydrogen-bond acceptors (Lipinski definition) is 11. The van der Waals surface area contributed by atoms with Gasteiger partial charge in [0.1, 0.15) is 19.8 Å². The predicted molar refractivity (Wildman–Crippen MR) is 122 cm³/mol. The second-order valence-corrected chi connectivity index (χ2v) is 6.75. The van der Waals surface area contributed by atoms with Gasteiger partial charge in [-0.15, -0.1) is 0 Å². The number of ether oxygens (including phenoxy) is 7. The molecule has 0 aliphatic rings. The lowest BCUT2D eigenvalue weighted by Crippen LogP contribution is -2.32. The van der Waals surface area contributed by atoms with Crippen molar-refractivity contribution in [3.63, 3.8) is 0 Å². The third-order valence-corrected chi connectivity index (χ3v) is 3.79. The summed E-state index contributed by atoms with van der Waals surface area (Å²) in [5, 5.41) is 7.88. The Kier molecular flexibility index (Phi) is 23.1. The molecule has 14 nitrogen and oxygen atoms in total. The van der Waals surface area contributed by atoms with Crippen LogP contribution in [0.25, 0.3) is 0 Å². The Morgan fingerprint density at radius 3 is 1.29 bits per heavy atom. The van der Waals surface area contributed by atoms with E-state index in [1.807, 2.05) is 0 Å². The largest absolute Gasteiger partial charge is 0.467 e. The zero-order valence-corrected chi connectivity index (χ0v) is 20.6. The smallest absolute Gasteiger partial charge is 0.331 e. The van der Waals surface area contributed by atoms with Crippen LogP contribution in [0.4, 0.5) is 0 Å². The summed E-state index contributed by atoms with van der Waals surface area (Å²) in [6.45, 7) is 4.87. The van der Waals surface area contributed by atoms with Crippen molar-refractivity contribution in [3.8, 4) is 0 Å². The molecule has 0 bridgehead atoms. The highest BCUT2D eigenvalue weighted by atomic mass is 16.6. The number of methoxy groups -OCH3 is 1. The van der Waals surface area contributed by atoms with E-state index in [2.05, 4.69) is 20.7 Å². The lowest BCUT2D eigenvalue weighted by molar-refractivity contribution is -0.146. The van der Waals surface area contributed by atoms with E-state index in [-0.39, 0.29) is 64.0 Å². The van der Waals surface area contributed by atoms with Crippen molar-refractivity contribution in [1.29, 1.82) is 0 Å². The molecule has 0 radical (unpaired) electrons. The summed E-state index contributed by atoms with van der Waals surface area (Å²) >= 11 is 0. The van der Waals surface area contributed by atoms with Gasteiger partial charge in [-0.1, -0.05) is 0 Å². The van der Waals surface area contributed by atoms with Crippen LogP contribution in [0, 0.1) is 0 Å². The van der Waals surface area contributed by atoms with E-state index in [0.29, 0.717) is 52.7 Å². The normalized spacial score (nSPS) is 10.6. The first-order valence-corrected chi connectivity index (χ1v) is 11.3. The molecule has 0 saturated heterocycles. The van der Waals surface area contributed by atoms with Gasteiger partial charge in [-0.25, -0.2) is 4.79 Å². The van der Waals surface area contributed by atoms with Crippen LogP contribution in [-0.4, -0.2) is 130 Å². The zero-order chi connectivity index (χ0) is 26.0. The van der Waals surface area contributed by atoms with Gasteiger partial charge in [0, 0.05) is 26.6 Å². The Hall–Kier alpha value is -2.36. The van der Waals surface area contributed by atoms with Gasteiger partial charge in [0.2, 0.25) is 17.7 Å². The lowest BCUT2D eigenvalue weighted by atomic mass is 10.5. The maximum absolute atomic E-state index is 11.6. The third-order valence-electron chi connectivity index (χ3n) is 3.79. The van der Waals surface area contributed by atoms with Crippen LogP contribution in [0.3, 0.4) is 0 Å². The van der Waals surface area contributed by atoms with Gasteiger partial charge in [0.25, 0.3) is 0 Å². The van der Waals surface area contributed by atoms with Crippen LogP contribution in [0.1, 0.15) is 6.92 Å². The van der Waals surface area contributed by atoms with Gasteiger partial charge < -0.3 is 49.1 Å². The topological polar surface area (TPSA) is 169 Å². The molecule has 204 valence electrons. The molecule has 0 fully saturated rings. The van der Waals surface area contributed by atoms with E-state index in [1.165, 1.54) is 14.0 Å². The molecule has 0 aliphatic heterocycles. The minimum atomic E-state index is -0.452. The van der Waals surface area contributed by atoms with Gasteiger partial charge in [0.15, 0.2) is 0 Å². The summed E-state index contributed by atoms with van der Waals surface area (Å²) < 4.78 is 35.6. The van der Waals surface area contributed by atoms with Gasteiger partial charge in [0.05, 0.1) is 66.6 Å². The summed E-state index contributed by atoms with van der Waals surface area (Å²) in [6, 6.07) is 0. The van der Waals surface area contributed by atoms with E-state index >= 15 is 0 Å². The predicted octanol–water partition coefficient (Wildman–Crippen LogP) is -2.37. The van der Waals surface area contributed by atoms with Crippen molar-refractivity contribution in [2.45, 2.75) is 6.92 Å². The minimum Gasteiger partial charge on any atom is -0.467 e. The van der Waals surface area contributed by atoms with Crippen molar-refractivity contribution >= 4 is 23.7 Å². The average molecular weight is 510 g/mol. The summed E-state index contributed by atoms with van der Waals surface area (Å²) in [5.41, 5.74) is 0. The summed E-state index contributed by atoms with van der Waals surface area (Å²) in [5.74, 6) is -1.11. The van der Waals surface area contributed by atoms with Crippen molar-refractivity contribution in [1.82, 2.24) is 16.0 Å². The highest BCUT2D eigenvalue weighted by Gasteiger charge is 2.03. The van der Waals surface area contributed by atoms with Gasteiger partial charge in [-0.2, -0.15) is 0 Å². The van der Waals surface area contributed by atoms with Gasteiger partial charge in [-0.05, 0) is 0 Å². The first-order chi connectivity index (χ1) is 17.0. The quantitative estimate of drug-likeness (QED) is 0.0939. The molecule has 0 aliphatic carbocycles. The molecule has 3 N–H and O–H groups in total. The number of carbonyl (C=O) groups excluding carboxylic acids is 4. The van der Waals surface area contributed by atoms with E-state index in [0.717, 1.165) is 0 Å². The molecule has 35 heavy (non-hydrogen) atoms. The molecular weight excluding hydrogens is 470 g/mol. The molecule has 0 saturated carbocycles. The number of hydrogen-bond donors (Lipinski definition) is 3. The molecule has 0 aromatic rings. The standard InChI is InChI=1S/C21H39N3O11/c1-18(25)22-3-6-30-9-12-33-15-19(26)23-4-7-31-10-13-34-16-20(27)24-5-8-32-11-14-35-17-21(28)29-2/h3-17H2,1-2H3,(H,22,25)(H,23,26)(H,24,27). The highest BCUT2D eigenvalue weighted by Crippen LogP contribution is 1.83. The molecule has 3 amide bonds. The zero-order valence-electron chi connectivity index (χ0n) is 20.6. The van der Waals surface area contributed by atoms with Crippen LogP contribution < -0.4 is 16.0 Å². The molecular formula is C21H39N3O11. The number of carbonyl (C=O) groups is 4. The average Bonchev–Trinajstić information content (AvgIpc) is 2.83. The summed E-state index contributed by atoms with van der Waals surface area (Å²) in [7, 11) is 1.28. The van der Waals surface area contributed by atoms with Crippen molar-refractivity contribution in [2.24, 2.45) is 0 Å². The molecule has 14 heteroatoms. The van der Waals surface area contributed by atoms with Crippen LogP contribution in [0.2, 0.25) is 0 Å².